The number of amides is 1. The largest absolute Gasteiger partial charge is 0.459 e. The van der Waals surface area contributed by atoms with Crippen LogP contribution in [0.4, 0.5) is 4.79 Å². The van der Waals surface area contributed by atoms with Gasteiger partial charge in [-0.2, -0.15) is 0 Å². The first kappa shape index (κ1) is 22.7. The summed E-state index contributed by atoms with van der Waals surface area (Å²) in [4.78, 5) is 24.3. The van der Waals surface area contributed by atoms with Gasteiger partial charge in [0, 0.05) is 5.70 Å². The molecule has 1 amide bonds. The fourth-order valence-electron chi connectivity index (χ4n) is 2.27. The van der Waals surface area contributed by atoms with Crippen LogP contribution in [0.3, 0.4) is 0 Å². The lowest BCUT2D eigenvalue weighted by Crippen LogP contribution is -2.36. The molecule has 0 bridgehead atoms. The predicted molar refractivity (Wildman–Crippen MR) is 108 cm³/mol. The number of nitrogens with one attached hydrogen (secondary N) is 1. The zero-order valence-corrected chi connectivity index (χ0v) is 18.0. The summed E-state index contributed by atoms with van der Waals surface area (Å²) in [7, 11) is 0. The number of carbonyl (C=O) groups is 2. The molecule has 27 heavy (non-hydrogen) atoms. The van der Waals surface area contributed by atoms with Crippen LogP contribution in [0.5, 0.6) is 0 Å². The van der Waals surface area contributed by atoms with Gasteiger partial charge in [0.15, 0.2) is 0 Å². The molecule has 0 atom stereocenters. The molecule has 0 aromatic heterocycles. The quantitative estimate of drug-likeness (QED) is 0.735. The fraction of sp³-hybridized carbons (Fsp3) is 0.545. The van der Waals surface area contributed by atoms with Crippen LogP contribution >= 0.6 is 0 Å². The van der Waals surface area contributed by atoms with Crippen LogP contribution in [-0.2, 0) is 19.7 Å². The highest BCUT2D eigenvalue weighted by molar-refractivity contribution is 5.82. The summed E-state index contributed by atoms with van der Waals surface area (Å²) in [5.74, 6) is -0.263. The van der Waals surface area contributed by atoms with Crippen molar-refractivity contribution in [2.45, 2.75) is 78.9 Å². The van der Waals surface area contributed by atoms with Crippen molar-refractivity contribution in [1.29, 1.82) is 0 Å². The average molecular weight is 376 g/mol. The summed E-state index contributed by atoms with van der Waals surface area (Å²) >= 11 is 0. The average Bonchev–Trinajstić information content (AvgIpc) is 2.43. The van der Waals surface area contributed by atoms with E-state index in [1.165, 1.54) is 0 Å². The molecule has 1 N–H and O–H groups in total. The molecule has 5 heteroatoms. The Hall–Kier alpha value is -2.30. The normalized spacial score (nSPS) is 13.1. The van der Waals surface area contributed by atoms with Crippen LogP contribution in [0.1, 0.15) is 73.4 Å². The van der Waals surface area contributed by atoms with E-state index < -0.39 is 22.7 Å². The van der Waals surface area contributed by atoms with E-state index in [0.717, 1.165) is 11.1 Å². The molecule has 150 valence electrons. The lowest BCUT2D eigenvalue weighted by molar-refractivity contribution is -0.160. The van der Waals surface area contributed by atoms with Gasteiger partial charge in [-0.3, -0.25) is 10.1 Å². The summed E-state index contributed by atoms with van der Waals surface area (Å²) in [6.45, 7) is 16.5. The van der Waals surface area contributed by atoms with Gasteiger partial charge in [-0.1, -0.05) is 24.3 Å². The second-order valence-electron chi connectivity index (χ2n) is 9.20. The molecule has 0 unspecified atom stereocenters. The first-order valence-electron chi connectivity index (χ1n) is 9.12. The Labute approximate surface area is 163 Å². The summed E-state index contributed by atoms with van der Waals surface area (Å²) < 4.78 is 10.8. The first-order chi connectivity index (χ1) is 12.1. The van der Waals surface area contributed by atoms with Crippen molar-refractivity contribution in [2.24, 2.45) is 0 Å². The molecule has 0 radical (unpaired) electrons. The third-order valence-electron chi connectivity index (χ3n) is 3.62. The lowest BCUT2D eigenvalue weighted by atomic mass is 9.84. The fourth-order valence-corrected chi connectivity index (χ4v) is 2.27. The summed E-state index contributed by atoms with van der Waals surface area (Å²) in [5.41, 5.74) is 0.627. The number of esters is 1. The van der Waals surface area contributed by atoms with Crippen LogP contribution in [0, 0.1) is 0 Å². The summed E-state index contributed by atoms with van der Waals surface area (Å²) in [6, 6.07) is 7.61. The molecule has 5 nitrogen and oxygen atoms in total. The molecule has 0 aliphatic carbocycles. The van der Waals surface area contributed by atoms with Crippen LogP contribution in [0.2, 0.25) is 0 Å². The second kappa shape index (κ2) is 8.15. The third-order valence-corrected chi connectivity index (χ3v) is 3.62. The van der Waals surface area contributed by atoms with E-state index in [2.05, 4.69) is 5.32 Å². The van der Waals surface area contributed by atoms with Gasteiger partial charge < -0.3 is 9.47 Å². The zero-order valence-electron chi connectivity index (χ0n) is 18.0. The van der Waals surface area contributed by atoms with E-state index in [1.54, 1.807) is 6.92 Å². The van der Waals surface area contributed by atoms with Gasteiger partial charge >= 0.3 is 12.1 Å². The predicted octanol–water partition coefficient (Wildman–Crippen LogP) is 5.19. The maximum Gasteiger partial charge on any atom is 0.411 e. The molecule has 1 aromatic rings. The topological polar surface area (TPSA) is 64.6 Å². The Balaban J connectivity index is 2.86. The number of ether oxygens (including phenoxy) is 2. The van der Waals surface area contributed by atoms with E-state index in [-0.39, 0.29) is 5.97 Å². The van der Waals surface area contributed by atoms with Crippen LogP contribution < -0.4 is 5.32 Å². The number of allylic oxidation sites excluding steroid dienone is 1. The molecule has 0 fully saturated rings. The monoisotopic (exact) mass is 375 g/mol. The number of carbonyl (C=O) groups excluding carboxylic acids is 2. The Morgan fingerprint density at radius 3 is 1.78 bits per heavy atom. The number of alkyl carbamates (subject to hydrolysis) is 1. The molecule has 0 spiro atoms. The Bertz CT molecular complexity index is 701. The number of rotatable bonds is 4. The Kier molecular flexibility index (Phi) is 6.87. The van der Waals surface area contributed by atoms with Crippen LogP contribution in [0.15, 0.2) is 30.0 Å². The highest BCUT2D eigenvalue weighted by atomic mass is 16.6. The number of hydrogen-bond donors (Lipinski definition) is 1. The van der Waals surface area contributed by atoms with Gasteiger partial charge in [0.1, 0.15) is 11.2 Å². The third kappa shape index (κ3) is 7.85. The summed E-state index contributed by atoms with van der Waals surface area (Å²) in [5, 5.41) is 2.70. The standard InChI is InChI=1S/C22H33NO4/c1-15(23-19(25)27-21(5,6)7)14-16-10-12-17(13-11-16)22(8,9)18(24)26-20(2,3)4/h10-14H,1-9H3,(H,23,25)/b15-14-. The molecule has 0 heterocycles. The maximum atomic E-state index is 12.5. The molecule has 0 aliphatic rings. The Morgan fingerprint density at radius 1 is 0.852 bits per heavy atom. The van der Waals surface area contributed by atoms with E-state index >= 15 is 0 Å². The molecular formula is C22H33NO4. The van der Waals surface area contributed by atoms with Crippen molar-refractivity contribution in [3.63, 3.8) is 0 Å². The molecule has 1 aromatic carbocycles. The smallest absolute Gasteiger partial charge is 0.411 e. The van der Waals surface area contributed by atoms with Crippen molar-refractivity contribution < 1.29 is 19.1 Å². The van der Waals surface area contributed by atoms with Crippen molar-refractivity contribution in [3.8, 4) is 0 Å². The van der Waals surface area contributed by atoms with Crippen molar-refractivity contribution in [2.75, 3.05) is 0 Å². The van der Waals surface area contributed by atoms with Gasteiger partial charge in [0.25, 0.3) is 0 Å². The second-order valence-corrected chi connectivity index (χ2v) is 9.20. The van der Waals surface area contributed by atoms with Crippen molar-refractivity contribution >= 4 is 18.1 Å². The zero-order chi connectivity index (χ0) is 21.0. The van der Waals surface area contributed by atoms with E-state index in [1.807, 2.05) is 85.7 Å². The van der Waals surface area contributed by atoms with E-state index in [4.69, 9.17) is 9.47 Å². The number of benzene rings is 1. The van der Waals surface area contributed by atoms with Crippen LogP contribution in [-0.4, -0.2) is 23.3 Å². The molecule has 0 aliphatic heterocycles. The molecule has 1 rings (SSSR count). The first-order valence-corrected chi connectivity index (χ1v) is 9.12. The molecule has 0 saturated heterocycles. The van der Waals surface area contributed by atoms with Crippen molar-refractivity contribution in [3.05, 3.63) is 41.1 Å². The minimum atomic E-state index is -0.751. The van der Waals surface area contributed by atoms with E-state index in [0.29, 0.717) is 5.70 Å². The lowest BCUT2D eigenvalue weighted by Gasteiger charge is -2.28. The van der Waals surface area contributed by atoms with E-state index in [9.17, 15) is 9.59 Å². The minimum Gasteiger partial charge on any atom is -0.459 e. The van der Waals surface area contributed by atoms with Gasteiger partial charge in [0.2, 0.25) is 0 Å². The van der Waals surface area contributed by atoms with Gasteiger partial charge in [-0.05, 0) is 79.5 Å². The Morgan fingerprint density at radius 2 is 1.33 bits per heavy atom. The SMILES string of the molecule is C/C(=C/c1ccc(C(C)(C)C(=O)OC(C)(C)C)cc1)NC(=O)OC(C)(C)C. The van der Waals surface area contributed by atoms with Gasteiger partial charge in [-0.15, -0.1) is 0 Å². The van der Waals surface area contributed by atoms with Crippen LogP contribution in [0.25, 0.3) is 6.08 Å². The summed E-state index contributed by atoms with van der Waals surface area (Å²) in [6.07, 6.45) is 1.35. The molecule has 0 saturated carbocycles. The van der Waals surface area contributed by atoms with Gasteiger partial charge in [0.05, 0.1) is 5.41 Å². The highest BCUT2D eigenvalue weighted by Crippen LogP contribution is 2.27. The van der Waals surface area contributed by atoms with Gasteiger partial charge in [-0.25, -0.2) is 4.79 Å². The van der Waals surface area contributed by atoms with Crippen molar-refractivity contribution in [1.82, 2.24) is 5.32 Å². The minimum absolute atomic E-state index is 0.263. The maximum absolute atomic E-state index is 12.5. The highest BCUT2D eigenvalue weighted by Gasteiger charge is 2.34. The molecular weight excluding hydrogens is 342 g/mol. The number of hydrogen-bond acceptors (Lipinski definition) is 4.